The van der Waals surface area contributed by atoms with Crippen LogP contribution < -0.4 is 5.32 Å². The van der Waals surface area contributed by atoms with Crippen LogP contribution in [0.25, 0.3) is 0 Å². The Hall–Kier alpha value is -0.250. The third-order valence-corrected chi connectivity index (χ3v) is 3.26. The van der Waals surface area contributed by atoms with E-state index in [-0.39, 0.29) is 24.3 Å². The van der Waals surface area contributed by atoms with Gasteiger partial charge in [-0.1, -0.05) is 18.2 Å². The summed E-state index contributed by atoms with van der Waals surface area (Å²) in [5.74, 6) is 2.01. The lowest BCUT2D eigenvalue weighted by Gasteiger charge is -2.23. The van der Waals surface area contributed by atoms with Crippen LogP contribution in [0.3, 0.4) is 0 Å². The van der Waals surface area contributed by atoms with E-state index in [1.165, 1.54) is 6.07 Å². The van der Waals surface area contributed by atoms with Crippen LogP contribution in [0.1, 0.15) is 11.6 Å². The number of benzene rings is 1. The summed E-state index contributed by atoms with van der Waals surface area (Å²) in [5.41, 5.74) is 0.801. The molecule has 1 heterocycles. The predicted octanol–water partition coefficient (Wildman–Crippen LogP) is 2.62. The molecule has 1 unspecified atom stereocenters. The Kier molecular flexibility index (Phi) is 4.72. The quantitative estimate of drug-likeness (QED) is 0.801. The lowest BCUT2D eigenvalue weighted by atomic mass is 10.1. The number of nitrogens with one attached hydrogen (secondary N) is 1. The zero-order chi connectivity index (χ0) is 9.10. The fourth-order valence-electron chi connectivity index (χ4n) is 1.52. The first-order valence-corrected chi connectivity index (χ1v) is 5.59. The third kappa shape index (κ3) is 2.62. The Labute approximate surface area is 93.9 Å². The molecule has 14 heavy (non-hydrogen) atoms. The predicted molar refractivity (Wildman–Crippen MR) is 61.7 cm³/mol. The summed E-state index contributed by atoms with van der Waals surface area (Å²) < 4.78 is 13.3. The summed E-state index contributed by atoms with van der Waals surface area (Å²) in [5, 5.41) is 3.32. The van der Waals surface area contributed by atoms with Gasteiger partial charge in [0.05, 0.1) is 0 Å². The Morgan fingerprint density at radius 2 is 2.14 bits per heavy atom. The average Bonchev–Trinajstić information content (AvgIpc) is 2.20. The summed E-state index contributed by atoms with van der Waals surface area (Å²) in [7, 11) is 0. The summed E-state index contributed by atoms with van der Waals surface area (Å²) in [6.45, 7) is 0.976. The highest BCUT2D eigenvalue weighted by Gasteiger charge is 2.17. The van der Waals surface area contributed by atoms with Crippen molar-refractivity contribution in [1.82, 2.24) is 5.32 Å². The molecule has 0 spiro atoms. The van der Waals surface area contributed by atoms with Crippen LogP contribution in [0.4, 0.5) is 4.39 Å². The Bertz CT molecular complexity index is 289. The van der Waals surface area contributed by atoms with Crippen LogP contribution in [-0.4, -0.2) is 18.1 Å². The van der Waals surface area contributed by atoms with E-state index in [9.17, 15) is 4.39 Å². The highest BCUT2D eigenvalue weighted by atomic mass is 35.5. The minimum absolute atomic E-state index is 0. The van der Waals surface area contributed by atoms with Gasteiger partial charge in [-0.05, 0) is 6.07 Å². The molecule has 1 N–H and O–H groups in total. The fourth-order valence-corrected chi connectivity index (χ4v) is 2.48. The van der Waals surface area contributed by atoms with Crippen LogP contribution in [0.2, 0.25) is 0 Å². The van der Waals surface area contributed by atoms with E-state index in [4.69, 9.17) is 0 Å². The monoisotopic (exact) mass is 233 g/mol. The molecule has 1 atom stereocenters. The van der Waals surface area contributed by atoms with Crippen molar-refractivity contribution < 1.29 is 4.39 Å². The number of hydrogen-bond acceptors (Lipinski definition) is 2. The minimum atomic E-state index is -0.0949. The van der Waals surface area contributed by atoms with E-state index >= 15 is 0 Å². The van der Waals surface area contributed by atoms with Crippen molar-refractivity contribution in [2.24, 2.45) is 0 Å². The summed E-state index contributed by atoms with van der Waals surface area (Å²) in [4.78, 5) is 0. The number of halogens is 2. The van der Waals surface area contributed by atoms with Gasteiger partial charge in [-0.2, -0.15) is 11.8 Å². The fraction of sp³-hybridized carbons (Fsp3) is 0.400. The van der Waals surface area contributed by atoms with Crippen molar-refractivity contribution >= 4 is 24.2 Å². The molecule has 0 bridgehead atoms. The molecule has 4 heteroatoms. The first kappa shape index (κ1) is 11.8. The molecule has 0 aromatic heterocycles. The largest absolute Gasteiger partial charge is 0.308 e. The van der Waals surface area contributed by atoms with E-state index in [0.29, 0.717) is 0 Å². The molecule has 0 radical (unpaired) electrons. The standard InChI is InChI=1S/C10H12FNS.ClH/c11-9-4-2-1-3-8(9)10-7-13-6-5-12-10;/h1-4,10,12H,5-7H2;1H. The van der Waals surface area contributed by atoms with E-state index in [2.05, 4.69) is 5.32 Å². The summed E-state index contributed by atoms with van der Waals surface area (Å²) in [6.07, 6.45) is 0. The molecular weight excluding hydrogens is 221 g/mol. The lowest BCUT2D eigenvalue weighted by molar-refractivity contribution is 0.540. The summed E-state index contributed by atoms with van der Waals surface area (Å²) >= 11 is 1.88. The number of hydrogen-bond donors (Lipinski definition) is 1. The van der Waals surface area contributed by atoms with Crippen molar-refractivity contribution in [3.05, 3.63) is 35.6 Å². The van der Waals surface area contributed by atoms with Gasteiger partial charge in [0.2, 0.25) is 0 Å². The molecule has 78 valence electrons. The van der Waals surface area contributed by atoms with Crippen molar-refractivity contribution in [3.8, 4) is 0 Å². The average molecular weight is 234 g/mol. The van der Waals surface area contributed by atoms with Crippen molar-refractivity contribution in [1.29, 1.82) is 0 Å². The SMILES string of the molecule is Cl.Fc1ccccc1C1CSCCN1. The maximum Gasteiger partial charge on any atom is 0.128 e. The van der Waals surface area contributed by atoms with Gasteiger partial charge in [0, 0.05) is 29.7 Å². The summed E-state index contributed by atoms with van der Waals surface area (Å²) in [6, 6.07) is 7.20. The molecule has 1 saturated heterocycles. The molecule has 1 fully saturated rings. The molecule has 0 saturated carbocycles. The number of thioether (sulfide) groups is 1. The third-order valence-electron chi connectivity index (χ3n) is 2.20. The van der Waals surface area contributed by atoms with Gasteiger partial charge in [0.15, 0.2) is 0 Å². The second kappa shape index (κ2) is 5.59. The Morgan fingerprint density at radius 1 is 1.36 bits per heavy atom. The molecule has 1 aromatic rings. The van der Waals surface area contributed by atoms with Gasteiger partial charge in [-0.15, -0.1) is 12.4 Å². The van der Waals surface area contributed by atoms with Crippen LogP contribution in [0, 0.1) is 5.82 Å². The smallest absolute Gasteiger partial charge is 0.128 e. The highest BCUT2D eigenvalue weighted by Crippen LogP contribution is 2.23. The van der Waals surface area contributed by atoms with Crippen LogP contribution in [-0.2, 0) is 0 Å². The van der Waals surface area contributed by atoms with E-state index < -0.39 is 0 Å². The van der Waals surface area contributed by atoms with Gasteiger partial charge in [-0.25, -0.2) is 4.39 Å². The van der Waals surface area contributed by atoms with Gasteiger partial charge in [0.1, 0.15) is 5.82 Å². The normalized spacial score (nSPS) is 21.4. The second-order valence-electron chi connectivity index (χ2n) is 3.10. The molecule has 1 nitrogen and oxygen atoms in total. The van der Waals surface area contributed by atoms with E-state index in [0.717, 1.165) is 23.6 Å². The second-order valence-corrected chi connectivity index (χ2v) is 4.25. The molecule has 2 rings (SSSR count). The van der Waals surface area contributed by atoms with E-state index in [1.807, 2.05) is 23.9 Å². The van der Waals surface area contributed by atoms with Gasteiger partial charge in [-0.3, -0.25) is 0 Å². The molecular formula is C10H13ClFNS. The van der Waals surface area contributed by atoms with Crippen LogP contribution in [0.5, 0.6) is 0 Å². The van der Waals surface area contributed by atoms with Crippen LogP contribution in [0.15, 0.2) is 24.3 Å². The molecule has 1 aliphatic heterocycles. The van der Waals surface area contributed by atoms with Gasteiger partial charge >= 0.3 is 0 Å². The Balaban J connectivity index is 0.000000980. The first-order chi connectivity index (χ1) is 6.38. The van der Waals surface area contributed by atoms with Gasteiger partial charge < -0.3 is 5.32 Å². The first-order valence-electron chi connectivity index (χ1n) is 4.43. The molecule has 1 aliphatic rings. The van der Waals surface area contributed by atoms with Crippen molar-refractivity contribution in [3.63, 3.8) is 0 Å². The topological polar surface area (TPSA) is 12.0 Å². The molecule has 0 aliphatic carbocycles. The Morgan fingerprint density at radius 3 is 2.79 bits per heavy atom. The van der Waals surface area contributed by atoms with E-state index in [1.54, 1.807) is 6.07 Å². The van der Waals surface area contributed by atoms with Crippen molar-refractivity contribution in [2.45, 2.75) is 6.04 Å². The van der Waals surface area contributed by atoms with Gasteiger partial charge in [0.25, 0.3) is 0 Å². The molecule has 1 aromatic carbocycles. The maximum absolute atomic E-state index is 13.3. The van der Waals surface area contributed by atoms with Crippen molar-refractivity contribution in [2.75, 3.05) is 18.1 Å². The zero-order valence-electron chi connectivity index (χ0n) is 7.70. The van der Waals surface area contributed by atoms with Crippen LogP contribution >= 0.6 is 24.2 Å². The highest BCUT2D eigenvalue weighted by molar-refractivity contribution is 7.99. The maximum atomic E-state index is 13.3. The molecule has 0 amide bonds. The number of rotatable bonds is 1. The minimum Gasteiger partial charge on any atom is -0.308 e. The zero-order valence-corrected chi connectivity index (χ0v) is 9.34. The lowest BCUT2D eigenvalue weighted by Crippen LogP contribution is -2.30.